The average molecular weight is 546 g/mol. The second-order valence-electron chi connectivity index (χ2n) is 10.2. The highest BCUT2D eigenvalue weighted by Gasteiger charge is 2.51. The molecule has 2 aromatic rings. The average Bonchev–Trinajstić information content (AvgIpc) is 3.56. The number of carbonyl (C=O) groups excluding carboxylic acids is 3. The molecule has 3 N–H and O–H groups in total. The summed E-state index contributed by atoms with van der Waals surface area (Å²) in [5.41, 5.74) is 2.56. The van der Waals surface area contributed by atoms with E-state index in [4.69, 9.17) is 4.74 Å². The van der Waals surface area contributed by atoms with Gasteiger partial charge in [0.05, 0.1) is 28.1 Å². The number of amides is 4. The largest absolute Gasteiger partial charge is 0.457 e. The molecular weight excluding hydrogens is 514 g/mol. The first-order valence-electron chi connectivity index (χ1n) is 13.2. The molecule has 39 heavy (non-hydrogen) atoms. The first kappa shape index (κ1) is 25.5. The monoisotopic (exact) mass is 545 g/mol. The van der Waals surface area contributed by atoms with Crippen molar-refractivity contribution in [3.05, 3.63) is 77.5 Å². The minimum Gasteiger partial charge on any atom is -0.457 e. The van der Waals surface area contributed by atoms with Crippen molar-refractivity contribution in [3.63, 3.8) is 0 Å². The standard InChI is InChI=1S/C29H31N5O4S/c1-3-23(35)33-14-12-18(16-33)26(36)32-28-25-24-22(11-13-30-27(24)39-28)34(29(37)31-25)21-10-9-20(15-17(21)2)38-19-7-5-4-6-8-19/h3-10,15,18,22,24,27,30H,1,11-14,16H2,2H3,(H,31,37)(H,32,36)/t18-,22?,24?,27?/m0/s1. The van der Waals surface area contributed by atoms with Crippen LogP contribution in [-0.4, -0.2) is 53.8 Å². The van der Waals surface area contributed by atoms with E-state index in [1.165, 1.54) is 6.08 Å². The summed E-state index contributed by atoms with van der Waals surface area (Å²) >= 11 is 1.56. The fourth-order valence-corrected chi connectivity index (χ4v) is 7.32. The molecule has 10 heteroatoms. The summed E-state index contributed by atoms with van der Waals surface area (Å²) in [6.07, 6.45) is 2.68. The number of ether oxygens (including phenoxy) is 1. The number of piperidine rings is 1. The van der Waals surface area contributed by atoms with Crippen molar-refractivity contribution in [3.8, 4) is 11.5 Å². The summed E-state index contributed by atoms with van der Waals surface area (Å²) in [6, 6.07) is 15.1. The molecule has 0 radical (unpaired) electrons. The lowest BCUT2D eigenvalue weighted by Gasteiger charge is -2.46. The van der Waals surface area contributed by atoms with Gasteiger partial charge in [-0.05, 0) is 68.3 Å². The number of hydrogen-bond acceptors (Lipinski definition) is 6. The molecule has 9 nitrogen and oxygen atoms in total. The Hall–Kier alpha value is -3.76. The van der Waals surface area contributed by atoms with E-state index in [0.717, 1.165) is 35.7 Å². The molecule has 202 valence electrons. The fourth-order valence-electron chi connectivity index (χ4n) is 5.93. The van der Waals surface area contributed by atoms with Crippen molar-refractivity contribution in [1.82, 2.24) is 20.9 Å². The number of benzene rings is 2. The lowest BCUT2D eigenvalue weighted by atomic mass is 9.86. The van der Waals surface area contributed by atoms with Crippen molar-refractivity contribution >= 4 is 35.3 Å². The number of anilines is 1. The molecule has 6 rings (SSSR count). The van der Waals surface area contributed by atoms with E-state index in [9.17, 15) is 14.4 Å². The lowest BCUT2D eigenvalue weighted by molar-refractivity contribution is -0.126. The predicted octanol–water partition coefficient (Wildman–Crippen LogP) is 3.69. The van der Waals surface area contributed by atoms with Crippen LogP contribution in [0.15, 0.2) is 71.9 Å². The van der Waals surface area contributed by atoms with E-state index in [2.05, 4.69) is 22.5 Å². The number of nitrogens with zero attached hydrogens (tertiary/aromatic N) is 2. The van der Waals surface area contributed by atoms with Gasteiger partial charge in [0.1, 0.15) is 11.5 Å². The Morgan fingerprint density at radius 2 is 1.97 bits per heavy atom. The molecule has 4 amide bonds. The van der Waals surface area contributed by atoms with Gasteiger partial charge in [-0.1, -0.05) is 36.5 Å². The van der Waals surface area contributed by atoms with E-state index < -0.39 is 0 Å². The number of para-hydroxylation sites is 1. The molecule has 0 spiro atoms. The number of carbonyl (C=O) groups is 3. The Bertz CT molecular complexity index is 1360. The molecule has 3 saturated heterocycles. The first-order chi connectivity index (χ1) is 18.9. The molecule has 4 aliphatic heterocycles. The van der Waals surface area contributed by atoms with Crippen LogP contribution in [0.4, 0.5) is 10.5 Å². The van der Waals surface area contributed by atoms with Gasteiger partial charge in [0, 0.05) is 24.7 Å². The van der Waals surface area contributed by atoms with Gasteiger partial charge in [0.15, 0.2) is 0 Å². The smallest absolute Gasteiger partial charge is 0.326 e. The normalized spacial score (nSPS) is 25.7. The molecule has 3 unspecified atom stereocenters. The van der Waals surface area contributed by atoms with E-state index >= 15 is 0 Å². The van der Waals surface area contributed by atoms with Crippen LogP contribution >= 0.6 is 11.8 Å². The maximum atomic E-state index is 13.6. The minimum absolute atomic E-state index is 0.0128. The van der Waals surface area contributed by atoms with Crippen LogP contribution in [0, 0.1) is 18.8 Å². The predicted molar refractivity (Wildman–Crippen MR) is 150 cm³/mol. The van der Waals surface area contributed by atoms with Crippen LogP contribution in [0.1, 0.15) is 18.4 Å². The highest BCUT2D eigenvalue weighted by atomic mass is 32.2. The molecule has 0 saturated carbocycles. The highest BCUT2D eigenvalue weighted by Crippen LogP contribution is 2.47. The van der Waals surface area contributed by atoms with E-state index in [1.807, 2.05) is 60.4 Å². The van der Waals surface area contributed by atoms with Gasteiger partial charge in [-0.3, -0.25) is 14.5 Å². The quantitative estimate of drug-likeness (QED) is 0.479. The number of rotatable bonds is 6. The molecule has 4 heterocycles. The Morgan fingerprint density at radius 3 is 2.74 bits per heavy atom. The van der Waals surface area contributed by atoms with Crippen molar-refractivity contribution < 1.29 is 19.1 Å². The Kier molecular flexibility index (Phi) is 6.82. The maximum Gasteiger partial charge on any atom is 0.326 e. The topological polar surface area (TPSA) is 103 Å². The van der Waals surface area contributed by atoms with Crippen LogP contribution < -0.4 is 25.6 Å². The van der Waals surface area contributed by atoms with Gasteiger partial charge in [-0.25, -0.2) is 4.79 Å². The summed E-state index contributed by atoms with van der Waals surface area (Å²) in [5, 5.41) is 10.5. The van der Waals surface area contributed by atoms with E-state index in [1.54, 1.807) is 16.7 Å². The summed E-state index contributed by atoms with van der Waals surface area (Å²) in [6.45, 7) is 7.21. The second kappa shape index (κ2) is 10.4. The maximum absolute atomic E-state index is 13.6. The third kappa shape index (κ3) is 4.79. The van der Waals surface area contributed by atoms with Gasteiger partial charge in [-0.2, -0.15) is 0 Å². The summed E-state index contributed by atoms with van der Waals surface area (Å²) in [5.74, 6) is 0.913. The zero-order chi connectivity index (χ0) is 27.1. The van der Waals surface area contributed by atoms with Crippen molar-refractivity contribution in [2.75, 3.05) is 24.5 Å². The molecule has 0 bridgehead atoms. The van der Waals surface area contributed by atoms with Gasteiger partial charge < -0.3 is 25.6 Å². The number of likely N-dealkylation sites (tertiary alicyclic amines) is 1. The van der Waals surface area contributed by atoms with Crippen LogP contribution in [0.3, 0.4) is 0 Å². The Balaban J connectivity index is 1.21. The number of thioether (sulfide) groups is 1. The van der Waals surface area contributed by atoms with Crippen molar-refractivity contribution in [2.45, 2.75) is 31.2 Å². The van der Waals surface area contributed by atoms with Gasteiger partial charge in [0.2, 0.25) is 11.8 Å². The molecular formula is C29H31N5O4S. The highest BCUT2D eigenvalue weighted by molar-refractivity contribution is 8.03. The molecule has 4 aliphatic rings. The summed E-state index contributed by atoms with van der Waals surface area (Å²) < 4.78 is 5.99. The number of aryl methyl sites for hydroxylation is 1. The zero-order valence-corrected chi connectivity index (χ0v) is 22.5. The van der Waals surface area contributed by atoms with Gasteiger partial charge in [0.25, 0.3) is 0 Å². The molecule has 4 atom stereocenters. The van der Waals surface area contributed by atoms with Gasteiger partial charge in [-0.15, -0.1) is 0 Å². The van der Waals surface area contributed by atoms with Crippen LogP contribution in [0.2, 0.25) is 0 Å². The van der Waals surface area contributed by atoms with Gasteiger partial charge >= 0.3 is 6.03 Å². The van der Waals surface area contributed by atoms with E-state index in [-0.39, 0.29) is 41.1 Å². The zero-order valence-electron chi connectivity index (χ0n) is 21.7. The third-order valence-corrected chi connectivity index (χ3v) is 9.10. The number of nitrogens with one attached hydrogen (secondary N) is 3. The molecule has 3 fully saturated rings. The second-order valence-corrected chi connectivity index (χ2v) is 11.4. The van der Waals surface area contributed by atoms with Crippen molar-refractivity contribution in [2.24, 2.45) is 11.8 Å². The minimum atomic E-state index is -0.288. The van der Waals surface area contributed by atoms with Crippen LogP contribution in [-0.2, 0) is 9.59 Å². The Morgan fingerprint density at radius 1 is 1.15 bits per heavy atom. The number of urea groups is 1. The fraction of sp³-hybridized carbons (Fsp3) is 0.345. The number of hydrogen-bond donors (Lipinski definition) is 3. The molecule has 2 aromatic carbocycles. The first-order valence-corrected chi connectivity index (χ1v) is 14.1. The Labute approximate surface area is 231 Å². The summed E-state index contributed by atoms with van der Waals surface area (Å²) in [7, 11) is 0. The van der Waals surface area contributed by atoms with E-state index in [0.29, 0.717) is 30.3 Å². The lowest BCUT2D eigenvalue weighted by Crippen LogP contribution is -2.62. The molecule has 0 aromatic heterocycles. The third-order valence-electron chi connectivity index (χ3n) is 7.83. The van der Waals surface area contributed by atoms with Crippen LogP contribution in [0.5, 0.6) is 11.5 Å². The summed E-state index contributed by atoms with van der Waals surface area (Å²) in [4.78, 5) is 42.1. The molecule has 0 aliphatic carbocycles. The van der Waals surface area contributed by atoms with Crippen molar-refractivity contribution in [1.29, 1.82) is 0 Å². The SMILES string of the molecule is C=CC(=O)N1CC[C@H](C(=O)NC2=C3NC(=O)N(c4ccc(Oc5ccccc5)cc4C)C4CCNC(S2)C34)C1. The van der Waals surface area contributed by atoms with Crippen LogP contribution in [0.25, 0.3) is 0 Å².